The highest BCUT2D eigenvalue weighted by Gasteiger charge is 2.55. The third kappa shape index (κ3) is 1.31. The summed E-state index contributed by atoms with van der Waals surface area (Å²) in [7, 11) is 4.28. The van der Waals surface area contributed by atoms with Crippen LogP contribution in [0.3, 0.4) is 0 Å². The molecule has 4 fully saturated rings. The predicted octanol–water partition coefficient (Wildman–Crippen LogP) is 1.62. The molecule has 0 aromatic carbocycles. The first-order valence-electron chi connectivity index (χ1n) is 6.62. The molecule has 2 heteroatoms. The molecule has 0 aromatic heterocycles. The number of hydrogen-bond donors (Lipinski definition) is 2. The molecule has 0 amide bonds. The molecule has 0 unspecified atom stereocenters. The molecule has 4 aliphatic carbocycles. The first-order chi connectivity index (χ1) is 7.28. The van der Waals surface area contributed by atoms with Gasteiger partial charge in [-0.15, -0.1) is 0 Å². The number of rotatable bonds is 3. The van der Waals surface area contributed by atoms with Gasteiger partial charge in [0.15, 0.2) is 0 Å². The minimum atomic E-state index is 0.433. The highest BCUT2D eigenvalue weighted by Crippen LogP contribution is 2.57. The van der Waals surface area contributed by atoms with Crippen molar-refractivity contribution in [2.24, 2.45) is 23.7 Å². The van der Waals surface area contributed by atoms with Crippen molar-refractivity contribution < 1.29 is 0 Å². The smallest absolute Gasteiger partial charge is 0.0360 e. The van der Waals surface area contributed by atoms with Crippen LogP contribution < -0.4 is 10.6 Å². The Balaban J connectivity index is 1.89. The molecule has 4 aliphatic rings. The third-order valence-electron chi connectivity index (χ3n) is 5.53. The van der Waals surface area contributed by atoms with E-state index in [9.17, 15) is 0 Å². The average Bonchev–Trinajstić information content (AvgIpc) is 2.23. The summed E-state index contributed by atoms with van der Waals surface area (Å²) in [5.41, 5.74) is 0.433. The van der Waals surface area contributed by atoms with Crippen molar-refractivity contribution >= 4 is 0 Å². The van der Waals surface area contributed by atoms with Crippen molar-refractivity contribution in [2.75, 3.05) is 20.6 Å². The maximum Gasteiger partial charge on any atom is 0.0360 e. The molecule has 0 atom stereocenters. The van der Waals surface area contributed by atoms with Gasteiger partial charge in [-0.05, 0) is 69.9 Å². The molecule has 2 N–H and O–H groups in total. The van der Waals surface area contributed by atoms with E-state index in [1.807, 2.05) is 0 Å². The largest absolute Gasteiger partial charge is 0.318 e. The van der Waals surface area contributed by atoms with Gasteiger partial charge in [0, 0.05) is 12.1 Å². The van der Waals surface area contributed by atoms with E-state index in [4.69, 9.17) is 0 Å². The molecule has 0 spiro atoms. The van der Waals surface area contributed by atoms with E-state index in [2.05, 4.69) is 24.7 Å². The topological polar surface area (TPSA) is 24.1 Å². The van der Waals surface area contributed by atoms with Gasteiger partial charge in [0.2, 0.25) is 0 Å². The Hall–Kier alpha value is -0.0800. The summed E-state index contributed by atoms with van der Waals surface area (Å²) in [6, 6.07) is 0. The Bertz CT molecular complexity index is 221. The molecule has 0 aliphatic heterocycles. The lowest BCUT2D eigenvalue weighted by Gasteiger charge is -2.61. The monoisotopic (exact) mass is 208 g/mol. The van der Waals surface area contributed by atoms with Crippen molar-refractivity contribution in [1.82, 2.24) is 10.6 Å². The first kappa shape index (κ1) is 10.1. The summed E-state index contributed by atoms with van der Waals surface area (Å²) in [5.74, 6) is 4.05. The van der Waals surface area contributed by atoms with E-state index in [1.54, 1.807) is 6.42 Å². The zero-order chi connectivity index (χ0) is 10.5. The van der Waals surface area contributed by atoms with Gasteiger partial charge in [-0.2, -0.15) is 0 Å². The van der Waals surface area contributed by atoms with Gasteiger partial charge in [0.1, 0.15) is 0 Å². The molecule has 0 aromatic rings. The Kier molecular flexibility index (Phi) is 2.33. The lowest BCUT2D eigenvalue weighted by Crippen LogP contribution is -2.67. The van der Waals surface area contributed by atoms with Gasteiger partial charge in [-0.25, -0.2) is 0 Å². The summed E-state index contributed by atoms with van der Waals surface area (Å²) in [6.07, 6.45) is 7.53. The quantitative estimate of drug-likeness (QED) is 0.736. The van der Waals surface area contributed by atoms with Gasteiger partial charge in [0.05, 0.1) is 0 Å². The zero-order valence-corrected chi connectivity index (χ0v) is 10.1. The van der Waals surface area contributed by atoms with E-state index in [0.717, 1.165) is 30.2 Å². The van der Waals surface area contributed by atoms with Crippen LogP contribution in [0.15, 0.2) is 0 Å². The summed E-state index contributed by atoms with van der Waals surface area (Å²) in [4.78, 5) is 0. The highest BCUT2D eigenvalue weighted by atomic mass is 15.0. The van der Waals surface area contributed by atoms with Crippen LogP contribution in [-0.2, 0) is 0 Å². The lowest BCUT2D eigenvalue weighted by atomic mass is 9.48. The highest BCUT2D eigenvalue weighted by molar-refractivity contribution is 5.11. The molecule has 4 rings (SSSR count). The first-order valence-corrected chi connectivity index (χ1v) is 6.62. The Morgan fingerprint density at radius 2 is 1.47 bits per heavy atom. The predicted molar refractivity (Wildman–Crippen MR) is 62.8 cm³/mol. The SMILES string of the molecule is CNCC1(NC)C2CC3CC(C2)CC1C3. The van der Waals surface area contributed by atoms with Crippen LogP contribution >= 0.6 is 0 Å². The molecule has 0 radical (unpaired) electrons. The molecule has 15 heavy (non-hydrogen) atoms. The van der Waals surface area contributed by atoms with Crippen LogP contribution in [0, 0.1) is 23.7 Å². The normalized spacial score (nSPS) is 52.4. The second-order valence-electron chi connectivity index (χ2n) is 6.13. The van der Waals surface area contributed by atoms with Crippen molar-refractivity contribution in [1.29, 1.82) is 0 Å². The van der Waals surface area contributed by atoms with Gasteiger partial charge in [-0.1, -0.05) is 0 Å². The Morgan fingerprint density at radius 3 is 1.87 bits per heavy atom. The van der Waals surface area contributed by atoms with Crippen molar-refractivity contribution in [3.05, 3.63) is 0 Å². The number of hydrogen-bond acceptors (Lipinski definition) is 2. The maximum atomic E-state index is 3.70. The van der Waals surface area contributed by atoms with E-state index in [1.165, 1.54) is 25.7 Å². The average molecular weight is 208 g/mol. The van der Waals surface area contributed by atoms with Crippen LogP contribution in [0.2, 0.25) is 0 Å². The molecule has 0 saturated heterocycles. The van der Waals surface area contributed by atoms with Gasteiger partial charge < -0.3 is 10.6 Å². The third-order valence-corrected chi connectivity index (χ3v) is 5.53. The minimum absolute atomic E-state index is 0.433. The lowest BCUT2D eigenvalue weighted by molar-refractivity contribution is -0.0687. The Morgan fingerprint density at radius 1 is 0.933 bits per heavy atom. The summed E-state index contributed by atoms with van der Waals surface area (Å²) < 4.78 is 0. The fourth-order valence-corrected chi connectivity index (χ4v) is 5.10. The van der Waals surface area contributed by atoms with E-state index < -0.39 is 0 Å². The fourth-order valence-electron chi connectivity index (χ4n) is 5.10. The van der Waals surface area contributed by atoms with Crippen LogP contribution in [0.4, 0.5) is 0 Å². The fraction of sp³-hybridized carbons (Fsp3) is 1.00. The van der Waals surface area contributed by atoms with Crippen LogP contribution in [-0.4, -0.2) is 26.2 Å². The molecule has 4 saturated carbocycles. The van der Waals surface area contributed by atoms with E-state index in [-0.39, 0.29) is 0 Å². The second kappa shape index (κ2) is 3.46. The van der Waals surface area contributed by atoms with E-state index in [0.29, 0.717) is 5.54 Å². The summed E-state index contributed by atoms with van der Waals surface area (Å²) >= 11 is 0. The van der Waals surface area contributed by atoms with Gasteiger partial charge >= 0.3 is 0 Å². The van der Waals surface area contributed by atoms with Gasteiger partial charge in [-0.3, -0.25) is 0 Å². The molecule has 4 bridgehead atoms. The van der Waals surface area contributed by atoms with Gasteiger partial charge in [0.25, 0.3) is 0 Å². The second-order valence-corrected chi connectivity index (χ2v) is 6.13. The zero-order valence-electron chi connectivity index (χ0n) is 10.1. The summed E-state index contributed by atoms with van der Waals surface area (Å²) in [5, 5.41) is 7.12. The van der Waals surface area contributed by atoms with Crippen molar-refractivity contribution in [3.8, 4) is 0 Å². The maximum absolute atomic E-state index is 3.70. The number of likely N-dealkylation sites (N-methyl/N-ethyl adjacent to an activating group) is 2. The van der Waals surface area contributed by atoms with Crippen molar-refractivity contribution in [2.45, 2.75) is 37.6 Å². The molecule has 0 heterocycles. The van der Waals surface area contributed by atoms with E-state index >= 15 is 0 Å². The molecular formula is C13H24N2. The Labute approximate surface area is 93.2 Å². The molecule has 86 valence electrons. The van der Waals surface area contributed by atoms with Crippen LogP contribution in [0.5, 0.6) is 0 Å². The minimum Gasteiger partial charge on any atom is -0.318 e. The van der Waals surface area contributed by atoms with Crippen molar-refractivity contribution in [3.63, 3.8) is 0 Å². The summed E-state index contributed by atoms with van der Waals surface area (Å²) in [6.45, 7) is 1.16. The number of nitrogens with one attached hydrogen (secondary N) is 2. The molecule has 2 nitrogen and oxygen atoms in total. The van der Waals surface area contributed by atoms with Crippen LogP contribution in [0.25, 0.3) is 0 Å². The standard InChI is InChI=1S/C13H24N2/c1-14-8-13(15-2)11-4-9-3-10(6-11)7-12(13)5-9/h9-12,14-15H,3-8H2,1-2H3. The molecular weight excluding hydrogens is 184 g/mol. The van der Waals surface area contributed by atoms with Crippen LogP contribution in [0.1, 0.15) is 32.1 Å².